The van der Waals surface area contributed by atoms with Crippen molar-refractivity contribution < 1.29 is 0 Å². The Labute approximate surface area is 79.8 Å². The first-order chi connectivity index (χ1) is 5.81. The van der Waals surface area contributed by atoms with Crippen LogP contribution in [0.25, 0.3) is 10.9 Å². The number of aryl methyl sites for hydroxylation is 1. The Morgan fingerprint density at radius 3 is 2.92 bits per heavy atom. The molecule has 2 rings (SSSR count). The molecule has 0 saturated heterocycles. The maximum Gasteiger partial charge on any atom is 0.0478 e. The summed E-state index contributed by atoms with van der Waals surface area (Å²) in [5.41, 5.74) is 1.24. The van der Waals surface area contributed by atoms with Crippen LogP contribution in [0, 0.1) is 0 Å². The van der Waals surface area contributed by atoms with Crippen molar-refractivity contribution in [3.05, 3.63) is 30.5 Å². The summed E-state index contributed by atoms with van der Waals surface area (Å²) in [5.74, 6) is 0. The third-order valence-corrected chi connectivity index (χ3v) is 2.91. The molecule has 0 radical (unpaired) electrons. The predicted octanol–water partition coefficient (Wildman–Crippen LogP) is 3.42. The number of halogens is 1. The topological polar surface area (TPSA) is 4.93 Å². The van der Waals surface area contributed by atoms with Crippen molar-refractivity contribution in [2.75, 3.05) is 0 Å². The lowest BCUT2D eigenvalue weighted by molar-refractivity contribution is 0.969. The summed E-state index contributed by atoms with van der Waals surface area (Å²) < 4.78 is 2.10. The van der Waals surface area contributed by atoms with Gasteiger partial charge in [-0.05, 0) is 45.9 Å². The van der Waals surface area contributed by atoms with Gasteiger partial charge in [0.25, 0.3) is 0 Å². The zero-order valence-corrected chi connectivity index (χ0v) is 8.19. The quantitative estimate of drug-likeness (QED) is 0.678. The molecule has 0 amide bonds. The Kier molecular flexibility index (Phi) is 2.03. The number of aromatic nitrogens is 1. The highest BCUT2D eigenvalue weighted by atomic mass is 35.7. The van der Waals surface area contributed by atoms with Crippen LogP contribution in [0.15, 0.2) is 35.4 Å². The van der Waals surface area contributed by atoms with Crippen molar-refractivity contribution in [3.8, 4) is 0 Å². The van der Waals surface area contributed by atoms with Crippen molar-refractivity contribution in [2.45, 2.75) is 4.90 Å². The SMILES string of the molecule is Cn1ccc2cc(SCl)ccc21. The molecule has 0 saturated carbocycles. The summed E-state index contributed by atoms with van der Waals surface area (Å²) in [5, 5.41) is 1.24. The van der Waals surface area contributed by atoms with Crippen LogP contribution < -0.4 is 0 Å². The summed E-state index contributed by atoms with van der Waals surface area (Å²) in [6.07, 6.45) is 2.05. The fourth-order valence-electron chi connectivity index (χ4n) is 1.31. The predicted molar refractivity (Wildman–Crippen MR) is 54.6 cm³/mol. The second-order valence-corrected chi connectivity index (χ2v) is 3.81. The highest BCUT2D eigenvalue weighted by molar-refractivity contribution is 8.21. The standard InChI is InChI=1S/C9H8ClNS/c1-11-5-4-7-6-8(12-10)2-3-9(7)11/h2-6H,1H3. The molecule has 0 spiro atoms. The summed E-state index contributed by atoms with van der Waals surface area (Å²) in [6, 6.07) is 8.29. The monoisotopic (exact) mass is 197 g/mol. The lowest BCUT2D eigenvalue weighted by Crippen LogP contribution is -1.82. The molecule has 1 aromatic carbocycles. The lowest BCUT2D eigenvalue weighted by Gasteiger charge is -1.96. The van der Waals surface area contributed by atoms with Gasteiger partial charge >= 0.3 is 0 Å². The summed E-state index contributed by atoms with van der Waals surface area (Å²) in [6.45, 7) is 0. The van der Waals surface area contributed by atoms with Crippen LogP contribution in [0.5, 0.6) is 0 Å². The average Bonchev–Trinajstić information content (AvgIpc) is 2.47. The molecule has 0 aliphatic rings. The Morgan fingerprint density at radius 2 is 2.17 bits per heavy atom. The van der Waals surface area contributed by atoms with Crippen molar-refractivity contribution in [3.63, 3.8) is 0 Å². The minimum Gasteiger partial charge on any atom is -0.351 e. The molecule has 0 aliphatic carbocycles. The third kappa shape index (κ3) is 1.21. The second-order valence-electron chi connectivity index (χ2n) is 2.72. The first-order valence-corrected chi connectivity index (χ1v) is 5.29. The van der Waals surface area contributed by atoms with E-state index in [0.29, 0.717) is 0 Å². The fraction of sp³-hybridized carbons (Fsp3) is 0.111. The minimum atomic E-state index is 1.09. The van der Waals surface area contributed by atoms with Crippen LogP contribution in [0.4, 0.5) is 0 Å². The number of hydrogen-bond acceptors (Lipinski definition) is 1. The molecule has 1 aromatic heterocycles. The van der Waals surface area contributed by atoms with E-state index in [4.69, 9.17) is 10.7 Å². The maximum atomic E-state index is 5.64. The van der Waals surface area contributed by atoms with Crippen LogP contribution in [-0.4, -0.2) is 4.57 Å². The second kappa shape index (κ2) is 3.04. The molecule has 2 aromatic rings. The molecule has 0 atom stereocenters. The van der Waals surface area contributed by atoms with Crippen LogP contribution in [-0.2, 0) is 7.05 Å². The van der Waals surface area contributed by atoms with E-state index in [1.807, 2.05) is 19.3 Å². The maximum absolute atomic E-state index is 5.64. The fourth-order valence-corrected chi connectivity index (χ4v) is 1.89. The third-order valence-electron chi connectivity index (χ3n) is 1.95. The minimum absolute atomic E-state index is 1.09. The molecule has 3 heteroatoms. The smallest absolute Gasteiger partial charge is 0.0478 e. The zero-order valence-electron chi connectivity index (χ0n) is 6.62. The van der Waals surface area contributed by atoms with Crippen molar-refractivity contribution in [2.24, 2.45) is 7.05 Å². The molecule has 1 nitrogen and oxygen atoms in total. The molecule has 0 N–H and O–H groups in total. The molecule has 0 bridgehead atoms. The molecule has 1 heterocycles. The molecular formula is C9H8ClNS. The number of nitrogens with zero attached hydrogens (tertiary/aromatic N) is 1. The average molecular weight is 198 g/mol. The molecule has 0 aliphatic heterocycles. The van der Waals surface area contributed by atoms with E-state index in [1.165, 1.54) is 21.9 Å². The van der Waals surface area contributed by atoms with E-state index in [0.717, 1.165) is 4.90 Å². The number of benzene rings is 1. The van der Waals surface area contributed by atoms with Gasteiger partial charge in [0.1, 0.15) is 0 Å². The van der Waals surface area contributed by atoms with Crippen LogP contribution in [0.1, 0.15) is 0 Å². The molecule has 0 fully saturated rings. The van der Waals surface area contributed by atoms with Gasteiger partial charge in [-0.2, -0.15) is 0 Å². The largest absolute Gasteiger partial charge is 0.351 e. The van der Waals surface area contributed by atoms with E-state index < -0.39 is 0 Å². The van der Waals surface area contributed by atoms with E-state index in [1.54, 1.807) is 0 Å². The molecule has 0 unspecified atom stereocenters. The van der Waals surface area contributed by atoms with Gasteiger partial charge < -0.3 is 4.57 Å². The van der Waals surface area contributed by atoms with Gasteiger partial charge in [0.15, 0.2) is 0 Å². The normalized spacial score (nSPS) is 10.8. The van der Waals surface area contributed by atoms with Gasteiger partial charge in [0.05, 0.1) is 0 Å². The highest BCUT2D eigenvalue weighted by Gasteiger charge is 1.98. The Balaban J connectivity index is 2.69. The van der Waals surface area contributed by atoms with Gasteiger partial charge in [0, 0.05) is 29.0 Å². The Hall–Kier alpha value is -0.600. The van der Waals surface area contributed by atoms with Gasteiger partial charge in [-0.25, -0.2) is 0 Å². The first-order valence-electron chi connectivity index (χ1n) is 3.65. The Bertz CT molecular complexity index is 408. The summed E-state index contributed by atoms with van der Waals surface area (Å²) in [7, 11) is 8.94. The van der Waals surface area contributed by atoms with Gasteiger partial charge in [0.2, 0.25) is 0 Å². The van der Waals surface area contributed by atoms with Gasteiger partial charge in [-0.1, -0.05) is 0 Å². The van der Waals surface area contributed by atoms with Gasteiger partial charge in [-0.3, -0.25) is 0 Å². The lowest BCUT2D eigenvalue weighted by atomic mass is 10.2. The molecular weight excluding hydrogens is 190 g/mol. The van der Waals surface area contributed by atoms with Crippen LogP contribution >= 0.6 is 21.7 Å². The number of hydrogen-bond donors (Lipinski definition) is 0. The highest BCUT2D eigenvalue weighted by Crippen LogP contribution is 2.26. The summed E-state index contributed by atoms with van der Waals surface area (Å²) >= 11 is 0. The number of fused-ring (bicyclic) bond motifs is 1. The van der Waals surface area contributed by atoms with Crippen molar-refractivity contribution in [1.82, 2.24) is 4.57 Å². The molecule has 62 valence electrons. The van der Waals surface area contributed by atoms with E-state index >= 15 is 0 Å². The summed E-state index contributed by atoms with van der Waals surface area (Å²) in [4.78, 5) is 1.09. The first kappa shape index (κ1) is 8.02. The van der Waals surface area contributed by atoms with Gasteiger partial charge in [-0.15, -0.1) is 0 Å². The Morgan fingerprint density at radius 1 is 1.33 bits per heavy atom. The van der Waals surface area contributed by atoms with Crippen LogP contribution in [0.3, 0.4) is 0 Å². The van der Waals surface area contributed by atoms with E-state index in [2.05, 4.69) is 22.8 Å². The van der Waals surface area contributed by atoms with Crippen molar-refractivity contribution in [1.29, 1.82) is 0 Å². The number of rotatable bonds is 1. The molecule has 12 heavy (non-hydrogen) atoms. The van der Waals surface area contributed by atoms with E-state index in [9.17, 15) is 0 Å². The van der Waals surface area contributed by atoms with E-state index in [-0.39, 0.29) is 0 Å². The zero-order chi connectivity index (χ0) is 8.55. The van der Waals surface area contributed by atoms with Crippen molar-refractivity contribution >= 4 is 32.6 Å². The van der Waals surface area contributed by atoms with Crippen LogP contribution in [0.2, 0.25) is 0 Å².